The van der Waals surface area contributed by atoms with Gasteiger partial charge in [-0.05, 0) is 31.1 Å². The van der Waals surface area contributed by atoms with Crippen LogP contribution in [0.3, 0.4) is 0 Å². The number of fused-ring (bicyclic) bond motifs is 2. The summed E-state index contributed by atoms with van der Waals surface area (Å²) in [5, 5.41) is 27.9. The van der Waals surface area contributed by atoms with Crippen LogP contribution in [0.4, 0.5) is 8.78 Å². The fraction of sp³-hybridized carbons (Fsp3) is 1.00. The lowest BCUT2D eigenvalue weighted by molar-refractivity contribution is -0.136. The van der Waals surface area contributed by atoms with Gasteiger partial charge in [-0.25, -0.2) is 8.78 Å². The highest BCUT2D eigenvalue weighted by Gasteiger charge is 2.57. The molecule has 5 aliphatic rings. The van der Waals surface area contributed by atoms with Crippen molar-refractivity contribution in [1.29, 1.82) is 0 Å². The van der Waals surface area contributed by atoms with Gasteiger partial charge >= 0.3 is 0 Å². The van der Waals surface area contributed by atoms with Crippen molar-refractivity contribution in [2.75, 3.05) is 19.8 Å². The first-order chi connectivity index (χ1) is 13.5. The lowest BCUT2D eigenvalue weighted by Gasteiger charge is -2.39. The third-order valence-corrected chi connectivity index (χ3v) is 7.47. The molecule has 0 amide bonds. The van der Waals surface area contributed by atoms with E-state index < -0.39 is 43.0 Å². The van der Waals surface area contributed by atoms with E-state index in [1.807, 2.05) is 4.90 Å². The van der Waals surface area contributed by atoms with Crippen LogP contribution < -0.4 is 16.4 Å². The van der Waals surface area contributed by atoms with Crippen LogP contribution in [0.2, 0.25) is 0 Å². The molecule has 0 radical (unpaired) electrons. The van der Waals surface area contributed by atoms with Gasteiger partial charge in [0.2, 0.25) is 0 Å². The van der Waals surface area contributed by atoms with Crippen molar-refractivity contribution >= 4 is 0 Å². The molecular formula is C18H30F2N4O4. The molecule has 4 aliphatic heterocycles. The first-order valence-corrected chi connectivity index (χ1v) is 10.3. The van der Waals surface area contributed by atoms with Gasteiger partial charge in [0.15, 0.2) is 0 Å². The number of aliphatic hydroxyl groups excluding tert-OH is 2. The van der Waals surface area contributed by atoms with E-state index in [2.05, 4.69) is 10.6 Å². The summed E-state index contributed by atoms with van der Waals surface area (Å²) in [4.78, 5) is 2.02. The fourth-order valence-electron chi connectivity index (χ4n) is 5.94. The summed E-state index contributed by atoms with van der Waals surface area (Å²) in [5.41, 5.74) is 6.15. The van der Waals surface area contributed by atoms with Crippen LogP contribution >= 0.6 is 0 Å². The Kier molecular flexibility index (Phi) is 5.12. The van der Waals surface area contributed by atoms with E-state index in [9.17, 15) is 19.0 Å². The average molecular weight is 404 g/mol. The number of nitrogens with zero attached hydrogens (tertiary/aromatic N) is 1. The highest BCUT2D eigenvalue weighted by atomic mass is 19.2. The van der Waals surface area contributed by atoms with Crippen molar-refractivity contribution in [3.05, 3.63) is 0 Å². The maximum Gasteiger partial charge on any atom is 0.141 e. The second kappa shape index (κ2) is 7.35. The van der Waals surface area contributed by atoms with Crippen LogP contribution in [-0.2, 0) is 9.47 Å². The van der Waals surface area contributed by atoms with E-state index in [0.29, 0.717) is 19.8 Å². The van der Waals surface area contributed by atoms with Crippen molar-refractivity contribution in [1.82, 2.24) is 15.5 Å². The molecule has 7 unspecified atom stereocenters. The van der Waals surface area contributed by atoms with E-state index in [0.717, 1.165) is 6.42 Å². The number of likely N-dealkylation sites (tertiary alicyclic amines) is 1. The molecule has 1 saturated carbocycles. The van der Waals surface area contributed by atoms with Gasteiger partial charge in [-0.3, -0.25) is 15.5 Å². The molecule has 0 bridgehead atoms. The van der Waals surface area contributed by atoms with Gasteiger partial charge in [0.25, 0.3) is 0 Å². The minimum Gasteiger partial charge on any atom is -0.387 e. The lowest BCUT2D eigenvalue weighted by Crippen LogP contribution is -2.64. The molecule has 1 aliphatic carbocycles. The summed E-state index contributed by atoms with van der Waals surface area (Å²) in [6.45, 7) is 1.59. The average Bonchev–Trinajstić information content (AvgIpc) is 3.34. The molecule has 10 heteroatoms. The Balaban J connectivity index is 1.31. The normalized spacial score (nSPS) is 57.3. The molecule has 5 rings (SSSR count). The van der Waals surface area contributed by atoms with Crippen LogP contribution in [-0.4, -0.2) is 90.3 Å². The number of hydrogen-bond acceptors (Lipinski definition) is 8. The summed E-state index contributed by atoms with van der Waals surface area (Å²) in [6, 6.07) is 0. The summed E-state index contributed by atoms with van der Waals surface area (Å²) < 4.78 is 39.7. The molecule has 0 aromatic carbocycles. The third kappa shape index (κ3) is 3.01. The SMILES string of the molecule is NC1NCNC2C1CCN2[C@@H]1O[C@H]([C@@H]2OCC3CC(F)C(F)CC32)[C@@H](O)[C@H]1O. The maximum atomic E-state index is 14.0. The van der Waals surface area contributed by atoms with Gasteiger partial charge in [0.05, 0.1) is 25.0 Å². The number of hydrogen-bond donors (Lipinski definition) is 5. The molecule has 160 valence electrons. The molecule has 12 atom stereocenters. The molecule has 6 N–H and O–H groups in total. The Morgan fingerprint density at radius 2 is 1.79 bits per heavy atom. The van der Waals surface area contributed by atoms with Crippen molar-refractivity contribution in [3.63, 3.8) is 0 Å². The van der Waals surface area contributed by atoms with Crippen LogP contribution in [0.1, 0.15) is 19.3 Å². The minimum atomic E-state index is -1.51. The van der Waals surface area contributed by atoms with Gasteiger partial charge in [-0.15, -0.1) is 0 Å². The maximum absolute atomic E-state index is 14.0. The molecule has 5 fully saturated rings. The van der Waals surface area contributed by atoms with E-state index in [4.69, 9.17) is 15.2 Å². The summed E-state index contributed by atoms with van der Waals surface area (Å²) in [5.74, 6) is -0.0939. The van der Waals surface area contributed by atoms with Crippen molar-refractivity contribution < 1.29 is 28.5 Å². The van der Waals surface area contributed by atoms with Crippen molar-refractivity contribution in [2.45, 2.75) is 74.6 Å². The Hall–Kier alpha value is -0.460. The van der Waals surface area contributed by atoms with Crippen LogP contribution in [0.5, 0.6) is 0 Å². The van der Waals surface area contributed by atoms with Gasteiger partial charge < -0.3 is 25.4 Å². The monoisotopic (exact) mass is 404 g/mol. The smallest absolute Gasteiger partial charge is 0.141 e. The van der Waals surface area contributed by atoms with Gasteiger partial charge in [0.1, 0.15) is 36.9 Å². The van der Waals surface area contributed by atoms with E-state index in [1.54, 1.807) is 0 Å². The number of alkyl halides is 2. The Bertz CT molecular complexity index is 592. The predicted octanol–water partition coefficient (Wildman–Crippen LogP) is -1.38. The number of rotatable bonds is 2. The fourth-order valence-corrected chi connectivity index (χ4v) is 5.94. The van der Waals surface area contributed by atoms with Crippen LogP contribution in [0.25, 0.3) is 0 Å². The zero-order valence-corrected chi connectivity index (χ0v) is 15.7. The number of aliphatic hydroxyl groups is 2. The molecule has 0 spiro atoms. The summed E-state index contributed by atoms with van der Waals surface area (Å²) in [7, 11) is 0. The highest BCUT2D eigenvalue weighted by Crippen LogP contribution is 2.45. The second-order valence-corrected chi connectivity index (χ2v) is 8.94. The number of nitrogens with one attached hydrogen (secondary N) is 2. The van der Waals surface area contributed by atoms with E-state index in [-0.39, 0.29) is 42.9 Å². The zero-order valence-electron chi connectivity index (χ0n) is 15.7. The molecule has 0 aromatic rings. The summed E-state index contributed by atoms with van der Waals surface area (Å²) in [6.07, 6.45) is -6.29. The van der Waals surface area contributed by atoms with Gasteiger partial charge in [-0.2, -0.15) is 0 Å². The van der Waals surface area contributed by atoms with Crippen molar-refractivity contribution in [3.8, 4) is 0 Å². The third-order valence-electron chi connectivity index (χ3n) is 7.47. The standard InChI is InChI=1S/C18H30F2N4O4/c19-10-3-7-5-27-14(9(7)4-11(10)20)15-12(25)13(26)18(28-15)24-2-1-8-16(21)22-6-23-17(8)24/h7-18,22-23,25-26H,1-6,21H2/t7?,8?,9?,10?,11?,12-,13+,14+,15-,16?,17?,18+/m0/s1. The predicted molar refractivity (Wildman–Crippen MR) is 94.1 cm³/mol. The first-order valence-electron chi connectivity index (χ1n) is 10.3. The molecule has 0 aromatic heterocycles. The number of nitrogens with two attached hydrogens (primary N) is 1. The molecule has 28 heavy (non-hydrogen) atoms. The van der Waals surface area contributed by atoms with Crippen LogP contribution in [0, 0.1) is 17.8 Å². The largest absolute Gasteiger partial charge is 0.387 e. The van der Waals surface area contributed by atoms with Crippen LogP contribution in [0.15, 0.2) is 0 Å². The van der Waals surface area contributed by atoms with Gasteiger partial charge in [0, 0.05) is 19.1 Å². The van der Waals surface area contributed by atoms with E-state index >= 15 is 0 Å². The molecular weight excluding hydrogens is 374 g/mol. The number of ether oxygens (including phenoxy) is 2. The Labute approximate surface area is 162 Å². The highest BCUT2D eigenvalue weighted by molar-refractivity contribution is 5.04. The zero-order chi connectivity index (χ0) is 19.6. The molecule has 8 nitrogen and oxygen atoms in total. The second-order valence-electron chi connectivity index (χ2n) is 8.94. The molecule has 4 saturated heterocycles. The summed E-state index contributed by atoms with van der Waals surface area (Å²) >= 11 is 0. The quantitative estimate of drug-likeness (QED) is 0.383. The van der Waals surface area contributed by atoms with Crippen molar-refractivity contribution in [2.24, 2.45) is 23.5 Å². The Morgan fingerprint density at radius 3 is 2.61 bits per heavy atom. The topological polar surface area (TPSA) is 112 Å². The van der Waals surface area contributed by atoms with Gasteiger partial charge in [-0.1, -0.05) is 0 Å². The minimum absolute atomic E-state index is 0.0451. The Morgan fingerprint density at radius 1 is 1.00 bits per heavy atom. The molecule has 4 heterocycles. The number of halogens is 2. The van der Waals surface area contributed by atoms with E-state index in [1.165, 1.54) is 0 Å². The first kappa shape index (κ1) is 19.5. The lowest BCUT2D eigenvalue weighted by atomic mass is 9.75.